The molecular weight excluding hydrogens is 211 g/mol. The lowest BCUT2D eigenvalue weighted by Gasteiger charge is -2.04. The zero-order valence-electron chi connectivity index (χ0n) is 9.26. The summed E-state index contributed by atoms with van der Waals surface area (Å²) in [6.07, 6.45) is 4.04. The summed E-state index contributed by atoms with van der Waals surface area (Å²) in [7, 11) is 1.00. The van der Waals surface area contributed by atoms with Crippen LogP contribution in [0.1, 0.15) is 30.9 Å². The van der Waals surface area contributed by atoms with Crippen molar-refractivity contribution >= 4 is 26.3 Å². The van der Waals surface area contributed by atoms with Crippen LogP contribution in [0.15, 0.2) is 18.2 Å². The van der Waals surface area contributed by atoms with E-state index in [4.69, 9.17) is 0 Å². The first-order valence-electron chi connectivity index (χ1n) is 5.04. The minimum atomic E-state index is 0. The van der Waals surface area contributed by atoms with Crippen molar-refractivity contribution in [2.45, 2.75) is 33.6 Å². The molecule has 0 spiro atoms. The molecule has 14 heavy (non-hydrogen) atoms. The van der Waals surface area contributed by atoms with E-state index in [0.717, 1.165) is 8.58 Å². The standard InChI is InChI=1S/C12H19P.ClH/c1-4-5-6-13-12-8-10(2)7-11(3)9-12;/h7-9,13H,4-6H2,1-3H3;1H. The third-order valence-corrected chi connectivity index (χ3v) is 3.38. The van der Waals surface area contributed by atoms with Gasteiger partial charge in [0.2, 0.25) is 0 Å². The van der Waals surface area contributed by atoms with Gasteiger partial charge in [-0.3, -0.25) is 0 Å². The van der Waals surface area contributed by atoms with E-state index in [1.807, 2.05) is 0 Å². The Bertz CT molecular complexity index is 251. The SMILES string of the molecule is CCCCPc1cc(C)cc(C)c1.Cl. The molecule has 2 heteroatoms. The predicted molar refractivity (Wildman–Crippen MR) is 70.9 cm³/mol. The van der Waals surface area contributed by atoms with Gasteiger partial charge in [0.25, 0.3) is 0 Å². The lowest BCUT2D eigenvalue weighted by molar-refractivity contribution is 0.895. The van der Waals surface area contributed by atoms with E-state index in [1.54, 1.807) is 0 Å². The second-order valence-electron chi connectivity index (χ2n) is 3.66. The highest BCUT2D eigenvalue weighted by atomic mass is 35.5. The Morgan fingerprint density at radius 2 is 1.64 bits per heavy atom. The van der Waals surface area contributed by atoms with E-state index in [0.29, 0.717) is 0 Å². The molecule has 1 aromatic rings. The Morgan fingerprint density at radius 3 is 2.14 bits per heavy atom. The maximum atomic E-state index is 2.32. The number of hydrogen-bond donors (Lipinski definition) is 0. The summed E-state index contributed by atoms with van der Waals surface area (Å²) < 4.78 is 0. The molecule has 0 aliphatic carbocycles. The summed E-state index contributed by atoms with van der Waals surface area (Å²) in [5.74, 6) is 0. The van der Waals surface area contributed by atoms with Crippen LogP contribution in [0.4, 0.5) is 0 Å². The summed E-state index contributed by atoms with van der Waals surface area (Å²) in [5, 5.41) is 1.53. The Hall–Kier alpha value is -0.0600. The molecule has 0 aromatic heterocycles. The van der Waals surface area contributed by atoms with Crippen LogP contribution in [-0.2, 0) is 0 Å². The van der Waals surface area contributed by atoms with Gasteiger partial charge in [-0.25, -0.2) is 0 Å². The van der Waals surface area contributed by atoms with Gasteiger partial charge in [0, 0.05) is 0 Å². The van der Waals surface area contributed by atoms with E-state index in [9.17, 15) is 0 Å². The lowest BCUT2D eigenvalue weighted by Crippen LogP contribution is -1.97. The molecule has 0 saturated carbocycles. The van der Waals surface area contributed by atoms with Crippen molar-refractivity contribution < 1.29 is 0 Å². The van der Waals surface area contributed by atoms with Crippen LogP contribution >= 0.6 is 21.0 Å². The molecule has 80 valence electrons. The summed E-state index contributed by atoms with van der Waals surface area (Å²) in [4.78, 5) is 0. The molecule has 0 saturated heterocycles. The quantitative estimate of drug-likeness (QED) is 0.545. The van der Waals surface area contributed by atoms with Crippen molar-refractivity contribution in [3.8, 4) is 0 Å². The van der Waals surface area contributed by atoms with Crippen molar-refractivity contribution in [2.24, 2.45) is 0 Å². The van der Waals surface area contributed by atoms with Crippen LogP contribution < -0.4 is 5.30 Å². The highest BCUT2D eigenvalue weighted by molar-refractivity contribution is 7.47. The maximum absolute atomic E-state index is 2.32. The molecule has 1 aromatic carbocycles. The fourth-order valence-electron chi connectivity index (χ4n) is 1.49. The number of halogens is 1. The molecule has 0 amide bonds. The van der Waals surface area contributed by atoms with E-state index in [2.05, 4.69) is 39.0 Å². The Morgan fingerprint density at radius 1 is 1.07 bits per heavy atom. The molecule has 1 rings (SSSR count). The lowest BCUT2D eigenvalue weighted by atomic mass is 10.2. The molecule has 0 heterocycles. The van der Waals surface area contributed by atoms with E-state index < -0.39 is 0 Å². The second kappa shape index (κ2) is 7.26. The number of rotatable bonds is 4. The number of aryl methyl sites for hydroxylation is 2. The monoisotopic (exact) mass is 230 g/mol. The average molecular weight is 231 g/mol. The Balaban J connectivity index is 0.00000169. The summed E-state index contributed by atoms with van der Waals surface area (Å²) in [6.45, 7) is 6.62. The van der Waals surface area contributed by atoms with Crippen LogP contribution in [-0.4, -0.2) is 6.16 Å². The zero-order valence-corrected chi connectivity index (χ0v) is 11.1. The van der Waals surface area contributed by atoms with Crippen LogP contribution in [0.5, 0.6) is 0 Å². The van der Waals surface area contributed by atoms with Gasteiger partial charge in [-0.05, 0) is 31.7 Å². The van der Waals surface area contributed by atoms with Crippen LogP contribution in [0.2, 0.25) is 0 Å². The van der Waals surface area contributed by atoms with Crippen LogP contribution in [0.25, 0.3) is 0 Å². The third kappa shape index (κ3) is 4.98. The fourth-order valence-corrected chi connectivity index (χ4v) is 2.96. The highest BCUT2D eigenvalue weighted by Crippen LogP contribution is 2.14. The number of hydrogen-bond acceptors (Lipinski definition) is 0. The largest absolute Gasteiger partial charge is 0.147 e. The molecular formula is C12H20ClP. The number of benzene rings is 1. The van der Waals surface area contributed by atoms with Gasteiger partial charge >= 0.3 is 0 Å². The molecule has 0 N–H and O–H groups in total. The van der Waals surface area contributed by atoms with Crippen LogP contribution in [0, 0.1) is 13.8 Å². The van der Waals surface area contributed by atoms with Gasteiger partial charge in [0.1, 0.15) is 0 Å². The molecule has 0 fully saturated rings. The normalized spacial score (nSPS) is 10.5. The molecule has 1 unspecified atom stereocenters. The van der Waals surface area contributed by atoms with E-state index in [1.165, 1.54) is 35.4 Å². The van der Waals surface area contributed by atoms with Gasteiger partial charge in [-0.2, -0.15) is 0 Å². The molecule has 0 aliphatic heterocycles. The van der Waals surface area contributed by atoms with Gasteiger partial charge in [0.05, 0.1) is 0 Å². The van der Waals surface area contributed by atoms with Crippen molar-refractivity contribution in [2.75, 3.05) is 6.16 Å². The predicted octanol–water partition coefficient (Wildman–Crippen LogP) is 3.83. The Kier molecular flexibility index (Phi) is 7.23. The molecule has 0 nitrogen and oxygen atoms in total. The van der Waals surface area contributed by atoms with E-state index >= 15 is 0 Å². The van der Waals surface area contributed by atoms with Gasteiger partial charge in [0.15, 0.2) is 0 Å². The first-order chi connectivity index (χ1) is 6.22. The summed E-state index contributed by atoms with van der Waals surface area (Å²) in [5.41, 5.74) is 2.80. The third-order valence-electron chi connectivity index (χ3n) is 2.08. The first-order valence-corrected chi connectivity index (χ1v) is 6.25. The summed E-state index contributed by atoms with van der Waals surface area (Å²) >= 11 is 0. The minimum absolute atomic E-state index is 0. The number of unbranched alkanes of at least 4 members (excludes halogenated alkanes) is 1. The second-order valence-corrected chi connectivity index (χ2v) is 5.09. The van der Waals surface area contributed by atoms with Gasteiger partial charge in [-0.15, -0.1) is 12.4 Å². The topological polar surface area (TPSA) is 0 Å². The van der Waals surface area contributed by atoms with Crippen molar-refractivity contribution in [1.82, 2.24) is 0 Å². The molecule has 0 bridgehead atoms. The minimum Gasteiger partial charge on any atom is -0.147 e. The highest BCUT2D eigenvalue weighted by Gasteiger charge is 1.95. The summed E-state index contributed by atoms with van der Waals surface area (Å²) in [6, 6.07) is 6.88. The van der Waals surface area contributed by atoms with Gasteiger partial charge < -0.3 is 0 Å². The first kappa shape index (κ1) is 13.9. The average Bonchev–Trinajstić information content (AvgIpc) is 2.03. The fraction of sp³-hybridized carbons (Fsp3) is 0.500. The smallest absolute Gasteiger partial charge is 0.0266 e. The van der Waals surface area contributed by atoms with Crippen molar-refractivity contribution in [1.29, 1.82) is 0 Å². The van der Waals surface area contributed by atoms with Crippen LogP contribution in [0.3, 0.4) is 0 Å². The molecule has 1 atom stereocenters. The van der Waals surface area contributed by atoms with Crippen molar-refractivity contribution in [3.05, 3.63) is 29.3 Å². The Labute approximate surface area is 95.7 Å². The van der Waals surface area contributed by atoms with Crippen molar-refractivity contribution in [3.63, 3.8) is 0 Å². The van der Waals surface area contributed by atoms with E-state index in [-0.39, 0.29) is 12.4 Å². The molecule has 0 radical (unpaired) electrons. The molecule has 0 aliphatic rings. The maximum Gasteiger partial charge on any atom is -0.0266 e. The zero-order chi connectivity index (χ0) is 9.68. The van der Waals surface area contributed by atoms with Gasteiger partial charge in [-0.1, -0.05) is 51.3 Å².